The van der Waals surface area contributed by atoms with Crippen LogP contribution in [0.2, 0.25) is 0 Å². The van der Waals surface area contributed by atoms with Crippen LogP contribution in [-0.4, -0.2) is 35.6 Å². The van der Waals surface area contributed by atoms with Gasteiger partial charge in [0.1, 0.15) is 5.41 Å². The van der Waals surface area contributed by atoms with Crippen LogP contribution in [0.15, 0.2) is 12.2 Å². The molecule has 0 aliphatic heterocycles. The van der Waals surface area contributed by atoms with E-state index in [1.807, 2.05) is 0 Å². The second-order valence-corrected chi connectivity index (χ2v) is 4.12. The van der Waals surface area contributed by atoms with Gasteiger partial charge in [0.05, 0.1) is 6.10 Å². The highest BCUT2D eigenvalue weighted by Crippen LogP contribution is 2.53. The fraction of sp³-hybridized carbons (Fsp3) is 0.700. The lowest BCUT2D eigenvalue weighted by Gasteiger charge is -2.23. The summed E-state index contributed by atoms with van der Waals surface area (Å²) in [4.78, 5) is 10.8. The Kier molecular flexibility index (Phi) is 3.91. The third-order valence-corrected chi connectivity index (χ3v) is 2.68. The summed E-state index contributed by atoms with van der Waals surface area (Å²) in [5.41, 5.74) is -1.82. The normalized spacial score (nSPS) is 29.5. The Morgan fingerprint density at radius 2 is 1.95 bits per heavy atom. The largest absolute Gasteiger partial charge is 0.481 e. The molecule has 0 heterocycles. The molecule has 0 amide bonds. The van der Waals surface area contributed by atoms with Crippen LogP contribution in [0.3, 0.4) is 0 Å². The minimum Gasteiger partial charge on any atom is -0.481 e. The second kappa shape index (κ2) is 4.69. The molecule has 110 valence electrons. The van der Waals surface area contributed by atoms with Crippen LogP contribution in [0.4, 0.5) is 26.3 Å². The Morgan fingerprint density at radius 3 is 2.32 bits per heavy atom. The maximum absolute atomic E-state index is 12.9. The maximum Gasteiger partial charge on any atom is 0.428 e. The maximum atomic E-state index is 12.9. The van der Waals surface area contributed by atoms with Crippen molar-refractivity contribution in [3.05, 3.63) is 12.2 Å². The van der Waals surface area contributed by atoms with Crippen molar-refractivity contribution in [2.75, 3.05) is 0 Å². The van der Waals surface area contributed by atoms with Gasteiger partial charge in [0.25, 0.3) is 6.17 Å². The lowest BCUT2D eigenvalue weighted by atomic mass is 10.1. The Morgan fingerprint density at radius 1 is 1.42 bits per heavy atom. The number of hydrogen-bond acceptors (Lipinski definition) is 2. The summed E-state index contributed by atoms with van der Waals surface area (Å²) in [5, 5.41) is 8.81. The number of ether oxygens (including phenoxy) is 1. The summed E-state index contributed by atoms with van der Waals surface area (Å²) in [7, 11) is 0. The lowest BCUT2D eigenvalue weighted by molar-refractivity contribution is -0.340. The molecule has 1 fully saturated rings. The molecule has 0 saturated heterocycles. The zero-order valence-electron chi connectivity index (χ0n) is 9.55. The van der Waals surface area contributed by atoms with Crippen LogP contribution >= 0.6 is 0 Å². The number of allylic oxidation sites excluding steroid dienone is 1. The van der Waals surface area contributed by atoms with Gasteiger partial charge in [0.2, 0.25) is 0 Å². The second-order valence-electron chi connectivity index (χ2n) is 4.12. The summed E-state index contributed by atoms with van der Waals surface area (Å²) in [5.74, 6) is -1.52. The molecular weight excluding hydrogens is 282 g/mol. The number of aliphatic carboxylic acids is 1. The minimum atomic E-state index is -5.79. The first-order valence-corrected chi connectivity index (χ1v) is 5.11. The van der Waals surface area contributed by atoms with Gasteiger partial charge in [-0.1, -0.05) is 12.2 Å². The highest BCUT2D eigenvalue weighted by Gasteiger charge is 2.67. The van der Waals surface area contributed by atoms with Crippen molar-refractivity contribution in [3.63, 3.8) is 0 Å². The average Bonchev–Trinajstić information content (AvgIpc) is 2.90. The van der Waals surface area contributed by atoms with E-state index in [-0.39, 0.29) is 0 Å². The van der Waals surface area contributed by atoms with E-state index < -0.39 is 42.4 Å². The zero-order chi connectivity index (χ0) is 15.1. The van der Waals surface area contributed by atoms with E-state index in [0.29, 0.717) is 0 Å². The van der Waals surface area contributed by atoms with Gasteiger partial charge in [-0.05, 0) is 13.3 Å². The molecular formula is C10H10F6O3. The van der Waals surface area contributed by atoms with Crippen LogP contribution in [-0.2, 0) is 9.53 Å². The van der Waals surface area contributed by atoms with Crippen molar-refractivity contribution in [1.82, 2.24) is 0 Å². The number of halogens is 6. The molecule has 0 aromatic carbocycles. The van der Waals surface area contributed by atoms with Crippen LogP contribution in [0.1, 0.15) is 13.3 Å². The first kappa shape index (κ1) is 15.8. The molecule has 0 spiro atoms. The van der Waals surface area contributed by atoms with Gasteiger partial charge in [-0.15, -0.1) is 0 Å². The first-order valence-electron chi connectivity index (χ1n) is 5.11. The number of hydrogen-bond donors (Lipinski definition) is 1. The van der Waals surface area contributed by atoms with Crippen LogP contribution in [0, 0.1) is 5.41 Å². The standard InChI is InChI=1S/C10H10F6O3/c1-2-3-8(7(17)18)4-5(8)19-10(15,16)6(11)9(12,13)14/h2-3,5-6H,4H2,1H3,(H,17,18). The highest BCUT2D eigenvalue weighted by atomic mass is 19.4. The van der Waals surface area contributed by atoms with E-state index in [1.165, 1.54) is 13.0 Å². The summed E-state index contributed by atoms with van der Waals surface area (Å²) >= 11 is 0. The van der Waals surface area contributed by atoms with E-state index in [0.717, 1.165) is 6.08 Å². The molecule has 0 aromatic rings. The van der Waals surface area contributed by atoms with E-state index in [4.69, 9.17) is 5.11 Å². The molecule has 1 saturated carbocycles. The predicted molar refractivity (Wildman–Crippen MR) is 50.3 cm³/mol. The molecule has 3 nitrogen and oxygen atoms in total. The molecule has 1 aliphatic carbocycles. The summed E-state index contributed by atoms with van der Waals surface area (Å²) in [6, 6.07) is 0. The van der Waals surface area contributed by atoms with E-state index in [9.17, 15) is 31.1 Å². The molecule has 0 bridgehead atoms. The quantitative estimate of drug-likeness (QED) is 0.626. The molecule has 3 atom stereocenters. The third kappa shape index (κ3) is 3.02. The molecule has 1 aliphatic rings. The zero-order valence-corrected chi connectivity index (χ0v) is 9.55. The van der Waals surface area contributed by atoms with Gasteiger partial charge in [-0.25, -0.2) is 4.39 Å². The van der Waals surface area contributed by atoms with Crippen LogP contribution in [0.5, 0.6) is 0 Å². The Balaban J connectivity index is 2.80. The first-order chi connectivity index (χ1) is 8.47. The SMILES string of the molecule is CC=CC1(C(=O)O)CC1OC(F)(F)C(F)C(F)(F)F. The predicted octanol–water partition coefficient (Wildman–Crippen LogP) is 2.92. The van der Waals surface area contributed by atoms with Gasteiger partial charge >= 0.3 is 18.3 Å². The topological polar surface area (TPSA) is 46.5 Å². The van der Waals surface area contributed by atoms with Crippen molar-refractivity contribution in [1.29, 1.82) is 0 Å². The van der Waals surface area contributed by atoms with Gasteiger partial charge in [-0.3, -0.25) is 4.79 Å². The molecule has 1 rings (SSSR count). The third-order valence-electron chi connectivity index (χ3n) is 2.68. The Labute approximate surface area is 103 Å². The molecule has 9 heteroatoms. The summed E-state index contributed by atoms with van der Waals surface area (Å²) in [6.07, 6.45) is -15.3. The monoisotopic (exact) mass is 292 g/mol. The molecule has 3 unspecified atom stereocenters. The molecule has 0 aromatic heterocycles. The lowest BCUT2D eigenvalue weighted by Crippen LogP contribution is -2.44. The fourth-order valence-electron chi connectivity index (χ4n) is 1.60. The molecule has 0 radical (unpaired) electrons. The van der Waals surface area contributed by atoms with Crippen molar-refractivity contribution < 1.29 is 41.0 Å². The van der Waals surface area contributed by atoms with Gasteiger partial charge in [0, 0.05) is 0 Å². The van der Waals surface area contributed by atoms with Crippen molar-refractivity contribution in [2.24, 2.45) is 5.41 Å². The van der Waals surface area contributed by atoms with E-state index in [1.54, 1.807) is 0 Å². The van der Waals surface area contributed by atoms with Gasteiger partial charge in [0.15, 0.2) is 0 Å². The van der Waals surface area contributed by atoms with Gasteiger partial charge in [-0.2, -0.15) is 22.0 Å². The number of carboxylic acid groups (broad SMARTS) is 1. The number of carboxylic acids is 1. The van der Waals surface area contributed by atoms with Crippen LogP contribution in [0.25, 0.3) is 0 Å². The molecule has 19 heavy (non-hydrogen) atoms. The van der Waals surface area contributed by atoms with Crippen molar-refractivity contribution >= 4 is 5.97 Å². The van der Waals surface area contributed by atoms with Crippen LogP contribution < -0.4 is 0 Å². The van der Waals surface area contributed by atoms with E-state index in [2.05, 4.69) is 4.74 Å². The summed E-state index contributed by atoms with van der Waals surface area (Å²) < 4.78 is 77.6. The number of carbonyl (C=O) groups is 1. The van der Waals surface area contributed by atoms with Crippen molar-refractivity contribution in [2.45, 2.75) is 37.9 Å². The van der Waals surface area contributed by atoms with E-state index >= 15 is 0 Å². The van der Waals surface area contributed by atoms with Gasteiger partial charge < -0.3 is 9.84 Å². The Hall–Kier alpha value is -1.25. The summed E-state index contributed by atoms with van der Waals surface area (Å²) in [6.45, 7) is 1.41. The Bertz CT molecular complexity index is 391. The highest BCUT2D eigenvalue weighted by molar-refractivity contribution is 5.82. The smallest absolute Gasteiger partial charge is 0.428 e. The minimum absolute atomic E-state index is 0.438. The fourth-order valence-corrected chi connectivity index (χ4v) is 1.60. The average molecular weight is 292 g/mol. The molecule has 1 N–H and O–H groups in total. The van der Waals surface area contributed by atoms with Crippen molar-refractivity contribution in [3.8, 4) is 0 Å². The number of alkyl halides is 6. The number of rotatable bonds is 5.